The first-order chi connectivity index (χ1) is 10.0. The molecule has 0 saturated heterocycles. The molecule has 0 aliphatic carbocycles. The predicted octanol–water partition coefficient (Wildman–Crippen LogP) is 3.58. The van der Waals surface area contributed by atoms with Gasteiger partial charge in [-0.3, -0.25) is 10.1 Å². The van der Waals surface area contributed by atoms with Gasteiger partial charge in [0.1, 0.15) is 5.82 Å². The molecule has 6 heteroatoms. The van der Waals surface area contributed by atoms with Crippen molar-refractivity contribution < 1.29 is 9.18 Å². The van der Waals surface area contributed by atoms with E-state index in [1.165, 1.54) is 23.5 Å². The Hall–Kier alpha value is -2.47. The quantitative estimate of drug-likeness (QED) is 0.711. The molecule has 0 aliphatic rings. The highest BCUT2D eigenvalue weighted by atomic mass is 32.1. The average molecular weight is 301 g/mol. The fourth-order valence-electron chi connectivity index (χ4n) is 1.97. The van der Waals surface area contributed by atoms with Gasteiger partial charge >= 0.3 is 0 Å². The molecule has 1 amide bonds. The Kier molecular flexibility index (Phi) is 3.31. The van der Waals surface area contributed by atoms with Gasteiger partial charge in [0.2, 0.25) is 0 Å². The number of nitrogen functional groups attached to an aromatic ring is 1. The fraction of sp³-hybridized carbons (Fsp3) is 0.0667. The molecule has 106 valence electrons. The van der Waals surface area contributed by atoms with Gasteiger partial charge in [0.25, 0.3) is 5.91 Å². The van der Waals surface area contributed by atoms with Crippen LogP contribution in [0.4, 0.5) is 15.2 Å². The number of nitrogens with zero attached hydrogens (tertiary/aromatic N) is 1. The van der Waals surface area contributed by atoms with Gasteiger partial charge in [-0.1, -0.05) is 17.4 Å². The van der Waals surface area contributed by atoms with Crippen LogP contribution in [0.3, 0.4) is 0 Å². The maximum absolute atomic E-state index is 13.7. The minimum Gasteiger partial charge on any atom is -0.399 e. The van der Waals surface area contributed by atoms with Crippen LogP contribution in [0.25, 0.3) is 10.2 Å². The molecule has 3 rings (SSSR count). The van der Waals surface area contributed by atoms with Crippen LogP contribution in [0.5, 0.6) is 0 Å². The molecule has 0 saturated carbocycles. The summed E-state index contributed by atoms with van der Waals surface area (Å²) < 4.78 is 14.7. The number of hydrogen-bond acceptors (Lipinski definition) is 4. The second-order valence-corrected chi connectivity index (χ2v) is 5.71. The van der Waals surface area contributed by atoms with Gasteiger partial charge in [0, 0.05) is 5.69 Å². The molecule has 0 aliphatic heterocycles. The lowest BCUT2D eigenvalue weighted by Gasteiger charge is -2.03. The number of nitrogens with two attached hydrogens (primary N) is 1. The average Bonchev–Trinajstić information content (AvgIpc) is 2.79. The van der Waals surface area contributed by atoms with Crippen LogP contribution in [-0.4, -0.2) is 10.9 Å². The molecule has 0 unspecified atom stereocenters. The number of carbonyl (C=O) groups excluding carboxylic acids is 1. The van der Waals surface area contributed by atoms with Crippen molar-refractivity contribution >= 4 is 38.3 Å². The van der Waals surface area contributed by atoms with Gasteiger partial charge in [0.15, 0.2) is 5.13 Å². The largest absolute Gasteiger partial charge is 0.399 e. The predicted molar refractivity (Wildman–Crippen MR) is 83.1 cm³/mol. The maximum atomic E-state index is 13.7. The molecule has 1 aromatic heterocycles. The summed E-state index contributed by atoms with van der Waals surface area (Å²) in [5.41, 5.74) is 7.61. The number of amides is 1. The van der Waals surface area contributed by atoms with Gasteiger partial charge in [-0.25, -0.2) is 9.37 Å². The van der Waals surface area contributed by atoms with E-state index in [-0.39, 0.29) is 11.3 Å². The zero-order chi connectivity index (χ0) is 15.0. The summed E-state index contributed by atoms with van der Waals surface area (Å²) >= 11 is 1.35. The van der Waals surface area contributed by atoms with E-state index in [9.17, 15) is 9.18 Å². The van der Waals surface area contributed by atoms with E-state index in [2.05, 4.69) is 10.3 Å². The third-order valence-electron chi connectivity index (χ3n) is 3.00. The molecular formula is C15H12FN3OS. The van der Waals surface area contributed by atoms with E-state index < -0.39 is 11.7 Å². The molecule has 1 heterocycles. The zero-order valence-corrected chi connectivity index (χ0v) is 12.0. The Balaban J connectivity index is 1.89. The molecule has 4 nitrogen and oxygen atoms in total. The molecule has 2 aromatic carbocycles. The van der Waals surface area contributed by atoms with Crippen LogP contribution < -0.4 is 11.1 Å². The molecular weight excluding hydrogens is 289 g/mol. The number of aromatic nitrogens is 1. The van der Waals surface area contributed by atoms with Gasteiger partial charge in [-0.2, -0.15) is 0 Å². The minimum absolute atomic E-state index is 0.0559. The highest BCUT2D eigenvalue weighted by molar-refractivity contribution is 7.22. The number of aryl methyl sites for hydroxylation is 1. The molecule has 21 heavy (non-hydrogen) atoms. The summed E-state index contributed by atoms with van der Waals surface area (Å²) in [6.45, 7) is 1.99. The standard InChI is InChI=1S/C15H12FN3OS/c1-8-2-5-12-13(6-8)21-15(18-12)19-14(20)10-4-3-9(17)7-11(10)16/h2-7H,17H2,1H3,(H,18,19,20). The Morgan fingerprint density at radius 1 is 1.29 bits per heavy atom. The summed E-state index contributed by atoms with van der Waals surface area (Å²) in [6, 6.07) is 9.80. The number of halogens is 1. The second-order valence-electron chi connectivity index (χ2n) is 4.68. The SMILES string of the molecule is Cc1ccc2nc(NC(=O)c3ccc(N)cc3F)sc2c1. The summed E-state index contributed by atoms with van der Waals surface area (Å²) in [7, 11) is 0. The van der Waals surface area contributed by atoms with Crippen molar-refractivity contribution in [2.75, 3.05) is 11.1 Å². The third kappa shape index (κ3) is 2.71. The monoisotopic (exact) mass is 301 g/mol. The fourth-order valence-corrected chi connectivity index (χ4v) is 2.92. The minimum atomic E-state index is -0.649. The summed E-state index contributed by atoms with van der Waals surface area (Å²) in [5, 5.41) is 3.06. The topological polar surface area (TPSA) is 68.0 Å². The first kappa shape index (κ1) is 13.5. The number of thiazole rings is 1. The number of rotatable bonds is 2. The van der Waals surface area contributed by atoms with Gasteiger partial charge in [-0.05, 0) is 42.8 Å². The van der Waals surface area contributed by atoms with E-state index in [4.69, 9.17) is 5.73 Å². The van der Waals surface area contributed by atoms with Crippen molar-refractivity contribution in [3.05, 3.63) is 53.3 Å². The van der Waals surface area contributed by atoms with Crippen molar-refractivity contribution in [1.82, 2.24) is 4.98 Å². The van der Waals surface area contributed by atoms with Crippen molar-refractivity contribution in [2.24, 2.45) is 0 Å². The first-order valence-electron chi connectivity index (χ1n) is 6.26. The Bertz CT molecular complexity index is 844. The molecule has 0 bridgehead atoms. The summed E-state index contributed by atoms with van der Waals surface area (Å²) in [4.78, 5) is 16.4. The molecule has 0 spiro atoms. The van der Waals surface area contributed by atoms with E-state index in [1.54, 1.807) is 0 Å². The lowest BCUT2D eigenvalue weighted by Crippen LogP contribution is -2.13. The Morgan fingerprint density at radius 3 is 2.86 bits per heavy atom. The van der Waals surface area contributed by atoms with Gasteiger partial charge in [-0.15, -0.1) is 0 Å². The van der Waals surface area contributed by atoms with Gasteiger partial charge in [0.05, 0.1) is 15.8 Å². The molecule has 0 atom stereocenters. The maximum Gasteiger partial charge on any atom is 0.260 e. The zero-order valence-electron chi connectivity index (χ0n) is 11.2. The Labute approximate surface area is 124 Å². The second kappa shape index (κ2) is 5.14. The van der Waals surface area contributed by atoms with Crippen LogP contribution in [0.15, 0.2) is 36.4 Å². The van der Waals surface area contributed by atoms with Crippen molar-refractivity contribution in [1.29, 1.82) is 0 Å². The summed E-state index contributed by atoms with van der Waals surface area (Å²) in [6.07, 6.45) is 0. The third-order valence-corrected chi connectivity index (χ3v) is 3.94. The van der Waals surface area contributed by atoms with Gasteiger partial charge < -0.3 is 5.73 Å². The molecule has 0 radical (unpaired) electrons. The van der Waals surface area contributed by atoms with E-state index in [1.807, 2.05) is 25.1 Å². The summed E-state index contributed by atoms with van der Waals surface area (Å²) in [5.74, 6) is -1.19. The van der Waals surface area contributed by atoms with Crippen molar-refractivity contribution in [3.8, 4) is 0 Å². The van der Waals surface area contributed by atoms with Crippen LogP contribution in [0, 0.1) is 12.7 Å². The number of benzene rings is 2. The number of nitrogens with one attached hydrogen (secondary N) is 1. The lowest BCUT2D eigenvalue weighted by atomic mass is 10.2. The lowest BCUT2D eigenvalue weighted by molar-refractivity contribution is 0.102. The molecule has 3 N–H and O–H groups in total. The van der Waals surface area contributed by atoms with E-state index in [0.717, 1.165) is 21.8 Å². The highest BCUT2D eigenvalue weighted by Crippen LogP contribution is 2.27. The Morgan fingerprint density at radius 2 is 2.10 bits per heavy atom. The number of hydrogen-bond donors (Lipinski definition) is 2. The van der Waals surface area contributed by atoms with E-state index in [0.29, 0.717) is 5.13 Å². The normalized spacial score (nSPS) is 10.8. The first-order valence-corrected chi connectivity index (χ1v) is 7.08. The molecule has 3 aromatic rings. The van der Waals surface area contributed by atoms with Crippen LogP contribution >= 0.6 is 11.3 Å². The van der Waals surface area contributed by atoms with Crippen LogP contribution in [-0.2, 0) is 0 Å². The van der Waals surface area contributed by atoms with E-state index >= 15 is 0 Å². The molecule has 0 fully saturated rings. The van der Waals surface area contributed by atoms with Crippen LogP contribution in [0.2, 0.25) is 0 Å². The number of carbonyl (C=O) groups is 1. The van der Waals surface area contributed by atoms with Crippen molar-refractivity contribution in [3.63, 3.8) is 0 Å². The number of fused-ring (bicyclic) bond motifs is 1. The smallest absolute Gasteiger partial charge is 0.260 e. The van der Waals surface area contributed by atoms with Crippen LogP contribution in [0.1, 0.15) is 15.9 Å². The van der Waals surface area contributed by atoms with Crippen molar-refractivity contribution in [2.45, 2.75) is 6.92 Å². The highest BCUT2D eigenvalue weighted by Gasteiger charge is 2.14. The number of anilines is 2.